The van der Waals surface area contributed by atoms with Crippen LogP contribution in [0.25, 0.3) is 0 Å². The zero-order valence-corrected chi connectivity index (χ0v) is 15.3. The molecule has 5 heteroatoms. The third-order valence-electron chi connectivity index (χ3n) is 5.71. The zero-order valence-electron chi connectivity index (χ0n) is 14.4. The fourth-order valence-electron chi connectivity index (χ4n) is 4.80. The molecule has 0 aromatic heterocycles. The molecule has 1 aromatic carbocycles. The molecule has 134 valence electrons. The van der Waals surface area contributed by atoms with Crippen LogP contribution in [0.2, 0.25) is 0 Å². The lowest BCUT2D eigenvalue weighted by Gasteiger charge is -2.35. The van der Waals surface area contributed by atoms with Gasteiger partial charge in [0.25, 0.3) is 10.1 Å². The lowest BCUT2D eigenvalue weighted by molar-refractivity contribution is 0.225. The summed E-state index contributed by atoms with van der Waals surface area (Å²) >= 11 is 0. The Bertz CT molecular complexity index is 652. The Morgan fingerprint density at radius 2 is 1.79 bits per heavy atom. The standard InChI is InChI=1S/C19H29NO3S/c1-14-10-16(12-15-6-2-3-7-15)13-17(11-14)20-18-8-4-5-9-19(18)24(21,22)23/h4-5,8-9,14-17,20H,2-3,6-7,10-13H2,1H3,(H,21,22,23). The summed E-state index contributed by atoms with van der Waals surface area (Å²) < 4.78 is 32.6. The predicted molar refractivity (Wildman–Crippen MR) is 96.7 cm³/mol. The number of para-hydroxylation sites is 1. The molecule has 2 aliphatic carbocycles. The number of nitrogens with one attached hydrogen (secondary N) is 1. The van der Waals surface area contributed by atoms with Gasteiger partial charge in [-0.05, 0) is 55.6 Å². The average molecular weight is 352 g/mol. The van der Waals surface area contributed by atoms with Gasteiger partial charge >= 0.3 is 0 Å². The van der Waals surface area contributed by atoms with Gasteiger partial charge in [-0.2, -0.15) is 8.42 Å². The van der Waals surface area contributed by atoms with Crippen molar-refractivity contribution in [2.75, 3.05) is 5.32 Å². The van der Waals surface area contributed by atoms with Gasteiger partial charge in [-0.3, -0.25) is 4.55 Å². The summed E-state index contributed by atoms with van der Waals surface area (Å²) in [6.45, 7) is 2.30. The van der Waals surface area contributed by atoms with Gasteiger partial charge in [-0.25, -0.2) is 0 Å². The summed E-state index contributed by atoms with van der Waals surface area (Å²) in [5.41, 5.74) is 0.527. The highest BCUT2D eigenvalue weighted by Crippen LogP contribution is 2.39. The van der Waals surface area contributed by atoms with E-state index in [-0.39, 0.29) is 10.9 Å². The van der Waals surface area contributed by atoms with Crippen LogP contribution in [0, 0.1) is 17.8 Å². The zero-order chi connectivity index (χ0) is 17.2. The number of hydrogen-bond acceptors (Lipinski definition) is 3. The fraction of sp³-hybridized carbons (Fsp3) is 0.684. The first-order valence-electron chi connectivity index (χ1n) is 9.25. The molecular formula is C19H29NO3S. The van der Waals surface area contributed by atoms with Gasteiger partial charge in [0.15, 0.2) is 0 Å². The third kappa shape index (κ3) is 4.51. The van der Waals surface area contributed by atoms with Crippen molar-refractivity contribution in [1.29, 1.82) is 0 Å². The minimum Gasteiger partial charge on any atom is -0.381 e. The molecule has 2 fully saturated rings. The van der Waals surface area contributed by atoms with Crippen molar-refractivity contribution in [2.45, 2.75) is 69.2 Å². The molecule has 2 aliphatic rings. The molecule has 3 unspecified atom stereocenters. The SMILES string of the molecule is CC1CC(CC2CCCC2)CC(Nc2ccccc2S(=O)(=O)O)C1. The van der Waals surface area contributed by atoms with Gasteiger partial charge in [0, 0.05) is 6.04 Å². The highest BCUT2D eigenvalue weighted by molar-refractivity contribution is 7.86. The minimum atomic E-state index is -4.19. The molecule has 3 rings (SSSR count). The van der Waals surface area contributed by atoms with E-state index in [4.69, 9.17) is 0 Å². The molecule has 0 spiro atoms. The Morgan fingerprint density at radius 1 is 1.08 bits per heavy atom. The molecule has 2 saturated carbocycles. The van der Waals surface area contributed by atoms with Crippen LogP contribution in [0.5, 0.6) is 0 Å². The van der Waals surface area contributed by atoms with Crippen molar-refractivity contribution in [3.05, 3.63) is 24.3 Å². The maximum absolute atomic E-state index is 11.6. The summed E-state index contributed by atoms with van der Waals surface area (Å²) in [5, 5.41) is 3.40. The highest BCUT2D eigenvalue weighted by atomic mass is 32.2. The topological polar surface area (TPSA) is 66.4 Å². The first-order valence-corrected chi connectivity index (χ1v) is 10.7. The Kier molecular flexibility index (Phi) is 5.50. The number of anilines is 1. The van der Waals surface area contributed by atoms with Crippen LogP contribution < -0.4 is 5.32 Å². The molecular weight excluding hydrogens is 322 g/mol. The van der Waals surface area contributed by atoms with E-state index in [1.807, 2.05) is 0 Å². The van der Waals surface area contributed by atoms with Gasteiger partial charge in [-0.1, -0.05) is 44.7 Å². The lowest BCUT2D eigenvalue weighted by Crippen LogP contribution is -2.32. The number of hydrogen-bond donors (Lipinski definition) is 2. The second kappa shape index (κ2) is 7.44. The molecule has 4 nitrogen and oxygen atoms in total. The van der Waals surface area contributed by atoms with E-state index >= 15 is 0 Å². The van der Waals surface area contributed by atoms with Crippen LogP contribution in [0.4, 0.5) is 5.69 Å². The molecule has 1 aromatic rings. The molecule has 0 radical (unpaired) electrons. The molecule has 0 bridgehead atoms. The smallest absolute Gasteiger partial charge is 0.296 e. The van der Waals surface area contributed by atoms with E-state index in [0.717, 1.165) is 24.7 Å². The van der Waals surface area contributed by atoms with Crippen molar-refractivity contribution < 1.29 is 13.0 Å². The van der Waals surface area contributed by atoms with E-state index in [9.17, 15) is 13.0 Å². The Labute approximate surface area is 145 Å². The minimum absolute atomic E-state index is 0.0180. The van der Waals surface area contributed by atoms with Gasteiger partial charge in [0.05, 0.1) is 5.69 Å². The van der Waals surface area contributed by atoms with E-state index < -0.39 is 10.1 Å². The van der Waals surface area contributed by atoms with Gasteiger partial charge in [0.2, 0.25) is 0 Å². The maximum Gasteiger partial charge on any atom is 0.296 e. The van der Waals surface area contributed by atoms with Crippen molar-refractivity contribution in [3.8, 4) is 0 Å². The van der Waals surface area contributed by atoms with Crippen molar-refractivity contribution in [2.24, 2.45) is 17.8 Å². The van der Waals surface area contributed by atoms with E-state index in [2.05, 4.69) is 12.2 Å². The first-order chi connectivity index (χ1) is 11.4. The first kappa shape index (κ1) is 17.7. The van der Waals surface area contributed by atoms with Crippen LogP contribution in [0.15, 0.2) is 29.2 Å². The van der Waals surface area contributed by atoms with Crippen LogP contribution in [0.1, 0.15) is 58.3 Å². The van der Waals surface area contributed by atoms with Crippen molar-refractivity contribution in [3.63, 3.8) is 0 Å². The molecule has 0 saturated heterocycles. The summed E-state index contributed by atoms with van der Waals surface area (Å²) in [6.07, 6.45) is 10.3. The van der Waals surface area contributed by atoms with Crippen molar-refractivity contribution in [1.82, 2.24) is 0 Å². The van der Waals surface area contributed by atoms with Crippen LogP contribution >= 0.6 is 0 Å². The van der Waals surface area contributed by atoms with Crippen molar-refractivity contribution >= 4 is 15.8 Å². The second-order valence-electron chi connectivity index (χ2n) is 7.88. The van der Waals surface area contributed by atoms with Gasteiger partial charge < -0.3 is 5.32 Å². The summed E-state index contributed by atoms with van der Waals surface area (Å²) in [6, 6.07) is 6.93. The normalized spacial score (nSPS) is 28.8. The van der Waals surface area contributed by atoms with E-state index in [1.54, 1.807) is 18.2 Å². The fourth-order valence-corrected chi connectivity index (χ4v) is 5.46. The monoisotopic (exact) mass is 351 g/mol. The third-order valence-corrected chi connectivity index (χ3v) is 6.62. The van der Waals surface area contributed by atoms with E-state index in [0.29, 0.717) is 11.6 Å². The molecule has 3 atom stereocenters. The Balaban J connectivity index is 1.68. The molecule has 0 heterocycles. The number of rotatable bonds is 5. The highest BCUT2D eigenvalue weighted by Gasteiger charge is 2.30. The maximum atomic E-state index is 11.6. The lowest BCUT2D eigenvalue weighted by atomic mass is 9.75. The molecule has 0 amide bonds. The number of benzene rings is 1. The van der Waals surface area contributed by atoms with Crippen LogP contribution in [0.3, 0.4) is 0 Å². The predicted octanol–water partition coefficient (Wildman–Crippen LogP) is 4.73. The summed E-state index contributed by atoms with van der Waals surface area (Å²) in [7, 11) is -4.19. The average Bonchev–Trinajstić information content (AvgIpc) is 2.99. The molecule has 24 heavy (non-hydrogen) atoms. The van der Waals surface area contributed by atoms with Crippen LogP contribution in [-0.4, -0.2) is 19.0 Å². The second-order valence-corrected chi connectivity index (χ2v) is 9.27. The largest absolute Gasteiger partial charge is 0.381 e. The quantitative estimate of drug-likeness (QED) is 0.753. The van der Waals surface area contributed by atoms with Gasteiger partial charge in [0.1, 0.15) is 4.90 Å². The summed E-state index contributed by atoms with van der Waals surface area (Å²) in [5.74, 6) is 2.28. The summed E-state index contributed by atoms with van der Waals surface area (Å²) in [4.78, 5) is -0.0180. The Morgan fingerprint density at radius 3 is 2.50 bits per heavy atom. The Hall–Kier alpha value is -1.07. The van der Waals surface area contributed by atoms with Gasteiger partial charge in [-0.15, -0.1) is 0 Å². The molecule has 2 N–H and O–H groups in total. The molecule has 0 aliphatic heterocycles. The van der Waals surface area contributed by atoms with Crippen LogP contribution in [-0.2, 0) is 10.1 Å². The van der Waals surface area contributed by atoms with E-state index in [1.165, 1.54) is 44.6 Å².